The molecular weight excluding hydrogens is 352 g/mol. The lowest BCUT2D eigenvalue weighted by Crippen LogP contribution is -2.34. The lowest BCUT2D eigenvalue weighted by molar-refractivity contribution is -0.120. The van der Waals surface area contributed by atoms with Gasteiger partial charge in [-0.25, -0.2) is 0 Å². The second-order valence-electron chi connectivity index (χ2n) is 9.90. The van der Waals surface area contributed by atoms with Crippen molar-refractivity contribution in [2.24, 2.45) is 17.3 Å². The van der Waals surface area contributed by atoms with Crippen LogP contribution < -0.4 is 5.32 Å². The minimum Gasteiger partial charge on any atom is -0.381 e. The average Bonchev–Trinajstić information content (AvgIpc) is 2.85. The summed E-state index contributed by atoms with van der Waals surface area (Å²) in [5, 5.41) is 3.08. The van der Waals surface area contributed by atoms with Gasteiger partial charge in [0.2, 0.25) is 5.91 Å². The molecule has 1 aliphatic carbocycles. The van der Waals surface area contributed by atoms with E-state index in [0.29, 0.717) is 31.2 Å². The van der Waals surface area contributed by atoms with Crippen molar-refractivity contribution in [3.05, 3.63) is 22.5 Å². The van der Waals surface area contributed by atoms with Gasteiger partial charge in [0.1, 0.15) is 0 Å². The van der Waals surface area contributed by atoms with Gasteiger partial charge in [0.05, 0.1) is 13.0 Å². The Kier molecular flexibility index (Phi) is 6.33. The SMILES string of the molecule is Cc1c(CC(=O)NCC2CCCOC2)c2c(n1CC(C)C)CC(C)(C)CC2=O. The number of amides is 1. The van der Waals surface area contributed by atoms with E-state index < -0.39 is 0 Å². The summed E-state index contributed by atoms with van der Waals surface area (Å²) in [6, 6.07) is 0. The zero-order valence-electron chi connectivity index (χ0n) is 18.2. The highest BCUT2D eigenvalue weighted by Crippen LogP contribution is 2.39. The van der Waals surface area contributed by atoms with Crippen molar-refractivity contribution in [3.8, 4) is 0 Å². The van der Waals surface area contributed by atoms with Gasteiger partial charge in [-0.2, -0.15) is 0 Å². The number of carbonyl (C=O) groups excluding carboxylic acids is 2. The number of carbonyl (C=O) groups is 2. The topological polar surface area (TPSA) is 60.3 Å². The van der Waals surface area contributed by atoms with E-state index in [-0.39, 0.29) is 17.1 Å². The van der Waals surface area contributed by atoms with E-state index in [1.165, 1.54) is 0 Å². The third-order valence-electron chi connectivity index (χ3n) is 6.05. The van der Waals surface area contributed by atoms with E-state index in [1.54, 1.807) is 0 Å². The fourth-order valence-corrected chi connectivity index (χ4v) is 4.69. The van der Waals surface area contributed by atoms with Gasteiger partial charge in [-0.15, -0.1) is 0 Å². The van der Waals surface area contributed by atoms with Gasteiger partial charge in [0.25, 0.3) is 0 Å². The fourth-order valence-electron chi connectivity index (χ4n) is 4.69. The maximum absolute atomic E-state index is 13.0. The van der Waals surface area contributed by atoms with Gasteiger partial charge < -0.3 is 14.6 Å². The first-order valence-electron chi connectivity index (χ1n) is 10.8. The Bertz CT molecular complexity index is 740. The molecule has 0 spiro atoms. The molecule has 2 aliphatic rings. The van der Waals surface area contributed by atoms with E-state index in [0.717, 1.165) is 61.5 Å². The Labute approximate surface area is 169 Å². The molecule has 1 unspecified atom stereocenters. The van der Waals surface area contributed by atoms with Crippen LogP contribution in [0.4, 0.5) is 0 Å². The lowest BCUT2D eigenvalue weighted by atomic mass is 9.75. The van der Waals surface area contributed by atoms with Crippen molar-refractivity contribution in [1.29, 1.82) is 0 Å². The van der Waals surface area contributed by atoms with Crippen molar-refractivity contribution < 1.29 is 14.3 Å². The van der Waals surface area contributed by atoms with Gasteiger partial charge in [-0.05, 0) is 49.0 Å². The molecule has 2 heterocycles. The normalized spacial score (nSPS) is 21.6. The maximum Gasteiger partial charge on any atom is 0.224 e. The molecule has 0 aromatic carbocycles. The Morgan fingerprint density at radius 3 is 2.71 bits per heavy atom. The van der Waals surface area contributed by atoms with Gasteiger partial charge in [-0.3, -0.25) is 9.59 Å². The quantitative estimate of drug-likeness (QED) is 0.808. The Morgan fingerprint density at radius 1 is 1.32 bits per heavy atom. The number of Topliss-reactive ketones (excluding diaryl/α,β-unsaturated/α-hetero) is 1. The third kappa shape index (κ3) is 4.68. The highest BCUT2D eigenvalue weighted by Gasteiger charge is 2.37. The first kappa shape index (κ1) is 21.1. The molecular formula is C23H36N2O3. The molecule has 1 fully saturated rings. The summed E-state index contributed by atoms with van der Waals surface area (Å²) in [6.07, 6.45) is 3.91. The lowest BCUT2D eigenvalue weighted by Gasteiger charge is -2.30. The number of aromatic nitrogens is 1. The predicted octanol–water partition coefficient (Wildman–Crippen LogP) is 3.69. The monoisotopic (exact) mass is 388 g/mol. The number of hydrogen-bond donors (Lipinski definition) is 1. The maximum atomic E-state index is 13.0. The minimum atomic E-state index is -0.0237. The van der Waals surface area contributed by atoms with Crippen LogP contribution in [-0.4, -0.2) is 36.0 Å². The number of ketones is 1. The van der Waals surface area contributed by atoms with Gasteiger partial charge in [0.15, 0.2) is 5.78 Å². The zero-order chi connectivity index (χ0) is 20.5. The van der Waals surface area contributed by atoms with Crippen LogP contribution in [-0.2, 0) is 28.9 Å². The third-order valence-corrected chi connectivity index (χ3v) is 6.05. The molecule has 0 bridgehead atoms. The van der Waals surface area contributed by atoms with Crippen LogP contribution in [0.3, 0.4) is 0 Å². The molecule has 5 nitrogen and oxygen atoms in total. The van der Waals surface area contributed by atoms with Crippen LogP contribution in [0.25, 0.3) is 0 Å². The molecule has 1 aromatic heterocycles. The molecule has 1 atom stereocenters. The Balaban J connectivity index is 1.81. The smallest absolute Gasteiger partial charge is 0.224 e. The van der Waals surface area contributed by atoms with Crippen LogP contribution in [0, 0.1) is 24.2 Å². The van der Waals surface area contributed by atoms with Gasteiger partial charge in [0, 0.05) is 43.1 Å². The average molecular weight is 389 g/mol. The van der Waals surface area contributed by atoms with E-state index in [4.69, 9.17) is 4.74 Å². The molecule has 1 saturated heterocycles. The summed E-state index contributed by atoms with van der Waals surface area (Å²) >= 11 is 0. The molecule has 1 aliphatic heterocycles. The van der Waals surface area contributed by atoms with E-state index in [2.05, 4.69) is 44.5 Å². The van der Waals surface area contributed by atoms with E-state index in [9.17, 15) is 9.59 Å². The molecule has 0 radical (unpaired) electrons. The predicted molar refractivity (Wildman–Crippen MR) is 111 cm³/mol. The standard InChI is InChI=1S/C23H36N2O3/c1-15(2)13-25-16(3)18(22-19(25)10-23(4,5)11-20(22)26)9-21(27)24-12-17-7-6-8-28-14-17/h15,17H,6-14H2,1-5H3,(H,24,27). The van der Waals surface area contributed by atoms with Crippen LogP contribution in [0.1, 0.15) is 74.3 Å². The first-order valence-corrected chi connectivity index (χ1v) is 10.8. The summed E-state index contributed by atoms with van der Waals surface area (Å²) in [5.74, 6) is 1.10. The highest BCUT2D eigenvalue weighted by molar-refractivity contribution is 6.01. The van der Waals surface area contributed by atoms with Gasteiger partial charge >= 0.3 is 0 Å². The second kappa shape index (κ2) is 8.40. The Hall–Kier alpha value is -1.62. The number of hydrogen-bond acceptors (Lipinski definition) is 3. The fraction of sp³-hybridized carbons (Fsp3) is 0.739. The number of rotatable bonds is 6. The van der Waals surface area contributed by atoms with Crippen LogP contribution >= 0.6 is 0 Å². The molecule has 0 saturated carbocycles. The highest BCUT2D eigenvalue weighted by atomic mass is 16.5. The van der Waals surface area contributed by atoms with Crippen molar-refractivity contribution in [3.63, 3.8) is 0 Å². The van der Waals surface area contributed by atoms with Crippen molar-refractivity contribution in [1.82, 2.24) is 9.88 Å². The molecule has 156 valence electrons. The van der Waals surface area contributed by atoms with Crippen molar-refractivity contribution >= 4 is 11.7 Å². The van der Waals surface area contributed by atoms with E-state index >= 15 is 0 Å². The summed E-state index contributed by atoms with van der Waals surface area (Å²) in [7, 11) is 0. The van der Waals surface area contributed by atoms with Crippen LogP contribution in [0.15, 0.2) is 0 Å². The number of nitrogens with one attached hydrogen (secondary N) is 1. The van der Waals surface area contributed by atoms with Gasteiger partial charge in [-0.1, -0.05) is 27.7 Å². The van der Waals surface area contributed by atoms with E-state index in [1.807, 2.05) is 0 Å². The number of nitrogens with zero attached hydrogens (tertiary/aromatic N) is 1. The molecule has 1 aromatic rings. The first-order chi connectivity index (χ1) is 13.2. The summed E-state index contributed by atoms with van der Waals surface area (Å²) in [5.41, 5.74) is 3.96. The van der Waals surface area contributed by atoms with Crippen molar-refractivity contribution in [2.45, 2.75) is 73.3 Å². The Morgan fingerprint density at radius 2 is 2.07 bits per heavy atom. The minimum absolute atomic E-state index is 0.0100. The molecule has 3 rings (SSSR count). The number of ether oxygens (including phenoxy) is 1. The zero-order valence-corrected chi connectivity index (χ0v) is 18.2. The molecule has 1 N–H and O–H groups in total. The summed E-state index contributed by atoms with van der Waals surface area (Å²) in [4.78, 5) is 25.7. The largest absolute Gasteiger partial charge is 0.381 e. The molecule has 5 heteroatoms. The summed E-state index contributed by atoms with van der Waals surface area (Å²) < 4.78 is 7.80. The van der Waals surface area contributed by atoms with Crippen LogP contribution in [0.5, 0.6) is 0 Å². The summed E-state index contributed by atoms with van der Waals surface area (Å²) in [6.45, 7) is 13.9. The second-order valence-corrected chi connectivity index (χ2v) is 9.90. The molecule has 28 heavy (non-hydrogen) atoms. The molecule has 1 amide bonds. The number of fused-ring (bicyclic) bond motifs is 1. The van der Waals surface area contributed by atoms with Crippen LogP contribution in [0.2, 0.25) is 0 Å². The van der Waals surface area contributed by atoms with Crippen molar-refractivity contribution in [2.75, 3.05) is 19.8 Å².